The number of allylic oxidation sites excluding steroid dienone is 4. The first-order valence-electron chi connectivity index (χ1n) is 20.9. The van der Waals surface area contributed by atoms with Crippen molar-refractivity contribution >= 4 is 17.9 Å². The Hall–Kier alpha value is -2.19. The van der Waals surface area contributed by atoms with Gasteiger partial charge in [0, 0.05) is 19.3 Å². The lowest BCUT2D eigenvalue weighted by Gasteiger charge is -2.31. The highest BCUT2D eigenvalue weighted by atomic mass is 16.6. The predicted octanol–water partition coefficient (Wildman–Crippen LogP) is 10.9. The molecule has 0 radical (unpaired) electrons. The van der Waals surface area contributed by atoms with E-state index >= 15 is 0 Å². The van der Waals surface area contributed by atoms with Crippen molar-refractivity contribution in [3.63, 3.8) is 0 Å². The lowest BCUT2D eigenvalue weighted by Crippen LogP contribution is -2.50. The van der Waals surface area contributed by atoms with E-state index in [0.717, 1.165) is 64.2 Å². The molecule has 2 atom stereocenters. The van der Waals surface area contributed by atoms with Crippen LogP contribution in [0.3, 0.4) is 0 Å². The van der Waals surface area contributed by atoms with Crippen molar-refractivity contribution < 1.29 is 38.2 Å². The number of carboxylic acid groups (broad SMARTS) is 1. The Morgan fingerprint density at radius 2 is 1.06 bits per heavy atom. The number of nitrogens with zero attached hydrogens (tertiary/aromatic N) is 1. The highest BCUT2D eigenvalue weighted by Gasteiger charge is 2.31. The second-order valence-corrected chi connectivity index (χ2v) is 15.2. The molecule has 0 heterocycles. The molecule has 0 aliphatic rings. The first kappa shape index (κ1) is 48.8. The van der Waals surface area contributed by atoms with Crippen LogP contribution in [0.1, 0.15) is 181 Å². The quantitative estimate of drug-likeness (QED) is 0.0295. The molecule has 51 heavy (non-hydrogen) atoms. The average Bonchev–Trinajstić information content (AvgIpc) is 3.08. The van der Waals surface area contributed by atoms with Gasteiger partial charge < -0.3 is 23.8 Å². The van der Waals surface area contributed by atoms with Crippen LogP contribution in [0.25, 0.3) is 0 Å². The zero-order chi connectivity index (χ0) is 37.8. The zero-order valence-corrected chi connectivity index (χ0v) is 33.8. The summed E-state index contributed by atoms with van der Waals surface area (Å²) in [4.78, 5) is 36.9. The van der Waals surface area contributed by atoms with E-state index in [1.807, 2.05) is 21.1 Å². The van der Waals surface area contributed by atoms with Crippen LogP contribution in [-0.4, -0.2) is 80.6 Å². The van der Waals surface area contributed by atoms with Crippen molar-refractivity contribution in [3.8, 4) is 0 Å². The molecular formula is C43H80NO7+. The molecule has 8 nitrogen and oxygen atoms in total. The molecule has 0 rings (SSSR count). The number of esters is 2. The van der Waals surface area contributed by atoms with Gasteiger partial charge in [-0.1, -0.05) is 147 Å². The largest absolute Gasteiger partial charge is 0.477 e. The minimum absolute atomic E-state index is 0.0528. The van der Waals surface area contributed by atoms with Gasteiger partial charge in [0.2, 0.25) is 0 Å². The zero-order valence-electron chi connectivity index (χ0n) is 33.8. The van der Waals surface area contributed by atoms with E-state index in [2.05, 4.69) is 38.2 Å². The highest BCUT2D eigenvalue weighted by Crippen LogP contribution is 2.14. The minimum Gasteiger partial charge on any atom is -0.477 e. The number of rotatable bonds is 37. The summed E-state index contributed by atoms with van der Waals surface area (Å²) in [6.45, 7) is 4.68. The maximum Gasteiger partial charge on any atom is 0.362 e. The Kier molecular flexibility index (Phi) is 33.4. The lowest BCUT2D eigenvalue weighted by molar-refractivity contribution is -0.887. The predicted molar refractivity (Wildman–Crippen MR) is 211 cm³/mol. The smallest absolute Gasteiger partial charge is 0.362 e. The number of aliphatic carboxylic acids is 1. The van der Waals surface area contributed by atoms with Crippen LogP contribution < -0.4 is 0 Å². The van der Waals surface area contributed by atoms with Crippen molar-refractivity contribution in [2.45, 2.75) is 193 Å². The van der Waals surface area contributed by atoms with E-state index in [9.17, 15) is 19.5 Å². The van der Waals surface area contributed by atoms with Gasteiger partial charge in [0.25, 0.3) is 0 Å². The molecule has 0 aromatic carbocycles. The molecule has 2 unspecified atom stereocenters. The fraction of sp³-hybridized carbons (Fsp3) is 0.837. The second kappa shape index (κ2) is 34.9. The Morgan fingerprint density at radius 3 is 1.57 bits per heavy atom. The molecule has 0 spiro atoms. The van der Waals surface area contributed by atoms with E-state index < -0.39 is 18.1 Å². The van der Waals surface area contributed by atoms with Gasteiger partial charge >= 0.3 is 17.9 Å². The molecule has 8 heteroatoms. The van der Waals surface area contributed by atoms with Crippen LogP contribution in [-0.2, 0) is 28.6 Å². The molecule has 0 amide bonds. The fourth-order valence-corrected chi connectivity index (χ4v) is 6.05. The Morgan fingerprint density at radius 1 is 0.588 bits per heavy atom. The van der Waals surface area contributed by atoms with Crippen molar-refractivity contribution in [3.05, 3.63) is 24.3 Å². The van der Waals surface area contributed by atoms with E-state index in [1.165, 1.54) is 83.5 Å². The number of carboxylic acids is 1. The Labute approximate surface area is 313 Å². The van der Waals surface area contributed by atoms with Crippen LogP contribution in [0, 0.1) is 0 Å². The first-order valence-corrected chi connectivity index (χ1v) is 20.9. The van der Waals surface area contributed by atoms with Gasteiger partial charge in [0.15, 0.2) is 12.1 Å². The number of likely N-dealkylation sites (N-methyl/N-ethyl adjacent to an activating group) is 1. The van der Waals surface area contributed by atoms with Crippen LogP contribution in [0.2, 0.25) is 0 Å². The van der Waals surface area contributed by atoms with Gasteiger partial charge in [0.05, 0.1) is 34.4 Å². The fourth-order valence-electron chi connectivity index (χ4n) is 6.05. The minimum atomic E-state index is -0.877. The standard InChI is InChI=1S/C43H79NO7/c1-6-8-10-12-14-16-18-20-22-24-26-28-30-32-34-42(46)51-39(37-49-36-35-40(43(47)48)44(3,4)5)38-50-41(45)33-31-29-27-25-23-21-19-17-15-13-11-9-7-2/h12,14,18,20,39-40H,6-11,13,15-17,19,21-38H2,1-5H3/p+1/b14-12-,20-18-. The number of hydrogen-bond acceptors (Lipinski definition) is 6. The van der Waals surface area contributed by atoms with E-state index in [-0.39, 0.29) is 36.2 Å². The summed E-state index contributed by atoms with van der Waals surface area (Å²) in [5.41, 5.74) is 0. The number of unbranched alkanes of at least 4 members (excludes halogenated alkanes) is 19. The Bertz CT molecular complexity index is 895. The first-order chi connectivity index (χ1) is 24.6. The summed E-state index contributed by atoms with van der Waals surface area (Å²) in [6, 6.07) is -0.613. The van der Waals surface area contributed by atoms with E-state index in [4.69, 9.17) is 14.2 Å². The molecule has 1 N–H and O–H groups in total. The number of carbonyl (C=O) groups excluding carboxylic acids is 2. The normalized spacial score (nSPS) is 13.2. The van der Waals surface area contributed by atoms with Gasteiger partial charge in [-0.05, 0) is 38.5 Å². The summed E-state index contributed by atoms with van der Waals surface area (Å²) in [6.07, 6.45) is 36.4. The topological polar surface area (TPSA) is 99.1 Å². The molecular weight excluding hydrogens is 642 g/mol. The average molecular weight is 723 g/mol. The molecule has 0 aliphatic heterocycles. The molecule has 0 aromatic rings. The lowest BCUT2D eigenvalue weighted by atomic mass is 10.0. The number of quaternary nitrogens is 1. The summed E-state index contributed by atoms with van der Waals surface area (Å²) < 4.78 is 17.2. The highest BCUT2D eigenvalue weighted by molar-refractivity contribution is 5.72. The third-order valence-corrected chi connectivity index (χ3v) is 9.35. The van der Waals surface area contributed by atoms with E-state index in [1.54, 1.807) is 0 Å². The van der Waals surface area contributed by atoms with Gasteiger partial charge in [0.1, 0.15) is 6.61 Å². The van der Waals surface area contributed by atoms with Crippen LogP contribution in [0.5, 0.6) is 0 Å². The monoisotopic (exact) mass is 723 g/mol. The van der Waals surface area contributed by atoms with Gasteiger partial charge in [-0.15, -0.1) is 0 Å². The number of ether oxygens (including phenoxy) is 3. The summed E-state index contributed by atoms with van der Waals surface area (Å²) >= 11 is 0. The summed E-state index contributed by atoms with van der Waals surface area (Å²) in [7, 11) is 5.52. The summed E-state index contributed by atoms with van der Waals surface area (Å²) in [5.74, 6) is -1.48. The third kappa shape index (κ3) is 33.4. The number of hydrogen-bond donors (Lipinski definition) is 1. The third-order valence-electron chi connectivity index (χ3n) is 9.35. The van der Waals surface area contributed by atoms with Crippen LogP contribution in [0.4, 0.5) is 0 Å². The molecule has 298 valence electrons. The van der Waals surface area contributed by atoms with Gasteiger partial charge in [-0.3, -0.25) is 9.59 Å². The summed E-state index contributed by atoms with van der Waals surface area (Å²) in [5, 5.41) is 9.60. The van der Waals surface area contributed by atoms with Crippen molar-refractivity contribution in [2.75, 3.05) is 41.0 Å². The molecule has 0 fully saturated rings. The van der Waals surface area contributed by atoms with Crippen molar-refractivity contribution in [1.29, 1.82) is 0 Å². The second-order valence-electron chi connectivity index (χ2n) is 15.2. The Balaban J connectivity index is 4.39. The molecule has 0 saturated heterocycles. The van der Waals surface area contributed by atoms with Gasteiger partial charge in [-0.25, -0.2) is 4.79 Å². The molecule has 0 aliphatic carbocycles. The molecule has 0 bridgehead atoms. The van der Waals surface area contributed by atoms with E-state index in [0.29, 0.717) is 19.3 Å². The van der Waals surface area contributed by atoms with Gasteiger partial charge in [-0.2, -0.15) is 0 Å². The molecule has 0 aromatic heterocycles. The maximum absolute atomic E-state index is 12.7. The maximum atomic E-state index is 12.7. The molecule has 0 saturated carbocycles. The van der Waals surface area contributed by atoms with Crippen molar-refractivity contribution in [2.24, 2.45) is 0 Å². The van der Waals surface area contributed by atoms with Crippen LogP contribution in [0.15, 0.2) is 24.3 Å². The number of carbonyl (C=O) groups is 3. The van der Waals surface area contributed by atoms with Crippen molar-refractivity contribution in [1.82, 2.24) is 0 Å². The van der Waals surface area contributed by atoms with Crippen LogP contribution >= 0.6 is 0 Å². The SMILES string of the molecule is CCCC/C=C\C/C=C\CCCCCCCC(=O)OC(COCCC(C(=O)O)[N+](C)(C)C)COC(=O)CCCCCCCCCCCCCCC.